The quantitative estimate of drug-likeness (QED) is 0.535. The molecule has 1 unspecified atom stereocenters. The van der Waals surface area contributed by atoms with Crippen molar-refractivity contribution in [3.8, 4) is 0 Å². The van der Waals surface area contributed by atoms with Gasteiger partial charge in [0, 0.05) is 5.57 Å². The fourth-order valence-electron chi connectivity index (χ4n) is 0.977. The summed E-state index contributed by atoms with van der Waals surface area (Å²) in [5, 5.41) is 9.80. The number of Topliss-reactive ketones (excluding diaryl/α,β-unsaturated/α-hetero) is 1. The van der Waals surface area contributed by atoms with Crippen molar-refractivity contribution in [1.82, 2.24) is 0 Å². The van der Waals surface area contributed by atoms with Crippen LogP contribution < -0.4 is 0 Å². The Kier molecular flexibility index (Phi) is 5.57. The number of allylic oxidation sites excluding steroid dienone is 5. The monoisotopic (exact) mass is 206 g/mol. The van der Waals surface area contributed by atoms with Crippen molar-refractivity contribution < 1.29 is 9.90 Å². The van der Waals surface area contributed by atoms with Crippen molar-refractivity contribution >= 4 is 5.78 Å². The number of carbonyl (C=O) groups is 1. The van der Waals surface area contributed by atoms with Crippen LogP contribution >= 0.6 is 0 Å². The van der Waals surface area contributed by atoms with Crippen LogP contribution in [0.25, 0.3) is 0 Å². The van der Waals surface area contributed by atoms with Crippen molar-refractivity contribution in [3.05, 3.63) is 49.1 Å². The molecule has 0 saturated carbocycles. The fraction of sp³-hybridized carbons (Fsp3) is 0.308. The smallest absolute Gasteiger partial charge is 0.194 e. The van der Waals surface area contributed by atoms with E-state index >= 15 is 0 Å². The van der Waals surface area contributed by atoms with Gasteiger partial charge in [-0.05, 0) is 13.3 Å². The summed E-state index contributed by atoms with van der Waals surface area (Å²) in [5.74, 6) is -0.303. The summed E-state index contributed by atoms with van der Waals surface area (Å²) in [6.45, 7) is 10.3. The summed E-state index contributed by atoms with van der Waals surface area (Å²) in [6.07, 6.45) is 8.31. The molecule has 0 amide bonds. The van der Waals surface area contributed by atoms with E-state index in [-0.39, 0.29) is 5.78 Å². The Hall–Kier alpha value is -1.41. The van der Waals surface area contributed by atoms with Crippen LogP contribution in [0.5, 0.6) is 0 Å². The van der Waals surface area contributed by atoms with Crippen LogP contribution in [0.2, 0.25) is 0 Å². The third-order valence-corrected chi connectivity index (χ3v) is 2.15. The Balaban J connectivity index is 5.03. The van der Waals surface area contributed by atoms with E-state index in [1.54, 1.807) is 31.2 Å². The molecule has 1 atom stereocenters. The van der Waals surface area contributed by atoms with Gasteiger partial charge in [-0.15, -0.1) is 0 Å². The summed E-state index contributed by atoms with van der Waals surface area (Å²) < 4.78 is 0. The minimum Gasteiger partial charge on any atom is -0.382 e. The second kappa shape index (κ2) is 6.14. The average molecular weight is 206 g/mol. The number of aliphatic hydroxyl groups is 1. The van der Waals surface area contributed by atoms with E-state index in [4.69, 9.17) is 0 Å². The largest absolute Gasteiger partial charge is 0.382 e. The first-order valence-corrected chi connectivity index (χ1v) is 4.88. The number of rotatable bonds is 6. The summed E-state index contributed by atoms with van der Waals surface area (Å²) in [7, 11) is 0. The maximum absolute atomic E-state index is 11.8. The minimum atomic E-state index is -1.32. The molecule has 1 N–H and O–H groups in total. The van der Waals surface area contributed by atoms with Gasteiger partial charge in [-0.2, -0.15) is 0 Å². The Morgan fingerprint density at radius 3 is 2.40 bits per heavy atom. The van der Waals surface area contributed by atoms with Gasteiger partial charge in [-0.1, -0.05) is 50.5 Å². The minimum absolute atomic E-state index is 0.303. The number of ketones is 1. The highest BCUT2D eigenvalue weighted by Crippen LogP contribution is 2.16. The van der Waals surface area contributed by atoms with Crippen LogP contribution in [-0.4, -0.2) is 16.5 Å². The van der Waals surface area contributed by atoms with Gasteiger partial charge >= 0.3 is 0 Å². The van der Waals surface area contributed by atoms with Crippen LogP contribution in [0.3, 0.4) is 0 Å². The summed E-state index contributed by atoms with van der Waals surface area (Å²) in [5.41, 5.74) is -0.892. The van der Waals surface area contributed by atoms with E-state index in [0.717, 1.165) is 0 Å². The average Bonchev–Trinajstić information content (AvgIpc) is 2.23. The third kappa shape index (κ3) is 4.09. The predicted molar refractivity (Wildman–Crippen MR) is 63.5 cm³/mol. The van der Waals surface area contributed by atoms with E-state index in [2.05, 4.69) is 13.2 Å². The van der Waals surface area contributed by atoms with Gasteiger partial charge in [0.25, 0.3) is 0 Å². The molecule has 0 aromatic heterocycles. The molecule has 0 aliphatic heterocycles. The molecule has 0 aliphatic rings. The van der Waals surface area contributed by atoms with Crippen molar-refractivity contribution in [2.24, 2.45) is 0 Å². The zero-order valence-corrected chi connectivity index (χ0v) is 9.36. The predicted octanol–water partition coefficient (Wildman–Crippen LogP) is 2.57. The molecule has 0 fully saturated rings. The molecular formula is C13H18O2. The summed E-state index contributed by atoms with van der Waals surface area (Å²) in [4.78, 5) is 11.8. The van der Waals surface area contributed by atoms with Crippen molar-refractivity contribution in [3.63, 3.8) is 0 Å². The zero-order valence-electron chi connectivity index (χ0n) is 9.36. The molecule has 0 rings (SSSR count). The van der Waals surface area contributed by atoms with Crippen molar-refractivity contribution in [2.45, 2.75) is 25.9 Å². The molecular weight excluding hydrogens is 188 g/mol. The molecule has 0 radical (unpaired) electrons. The standard InChI is InChI=1S/C13H18O2/c1-5-8-10-11(9-6-2)12(14)13(4,15)7-3/h5-6,8-10,15H,1-2,7H2,3-4H3/b10-8-,11-9+. The third-order valence-electron chi connectivity index (χ3n) is 2.15. The van der Waals surface area contributed by atoms with Gasteiger partial charge in [0.15, 0.2) is 5.78 Å². The highest BCUT2D eigenvalue weighted by molar-refractivity contribution is 6.03. The van der Waals surface area contributed by atoms with Gasteiger partial charge < -0.3 is 5.11 Å². The van der Waals surface area contributed by atoms with Crippen LogP contribution in [-0.2, 0) is 4.79 Å². The second-order valence-corrected chi connectivity index (χ2v) is 3.41. The molecule has 0 spiro atoms. The molecule has 0 aliphatic carbocycles. The highest BCUT2D eigenvalue weighted by atomic mass is 16.3. The first-order chi connectivity index (χ1) is 6.99. The van der Waals surface area contributed by atoms with E-state index in [0.29, 0.717) is 12.0 Å². The van der Waals surface area contributed by atoms with E-state index < -0.39 is 5.60 Å². The molecule has 0 bridgehead atoms. The summed E-state index contributed by atoms with van der Waals surface area (Å²) >= 11 is 0. The van der Waals surface area contributed by atoms with Gasteiger partial charge in [-0.25, -0.2) is 0 Å². The van der Waals surface area contributed by atoms with Crippen molar-refractivity contribution in [1.29, 1.82) is 0 Å². The SMILES string of the molecule is C=C/C=C\C(=C/C=C)C(=O)C(C)(O)CC. The molecule has 2 nitrogen and oxygen atoms in total. The Morgan fingerprint density at radius 1 is 1.40 bits per heavy atom. The maximum Gasteiger partial charge on any atom is 0.194 e. The van der Waals surface area contributed by atoms with Crippen LogP contribution in [0, 0.1) is 0 Å². The number of hydrogen-bond acceptors (Lipinski definition) is 2. The Morgan fingerprint density at radius 2 is 2.00 bits per heavy atom. The Labute approximate surface area is 91.3 Å². The highest BCUT2D eigenvalue weighted by Gasteiger charge is 2.29. The van der Waals surface area contributed by atoms with Crippen LogP contribution in [0.4, 0.5) is 0 Å². The molecule has 82 valence electrons. The topological polar surface area (TPSA) is 37.3 Å². The normalized spacial score (nSPS) is 16.1. The van der Waals surface area contributed by atoms with Crippen molar-refractivity contribution in [2.75, 3.05) is 0 Å². The van der Waals surface area contributed by atoms with Crippen LogP contribution in [0.1, 0.15) is 20.3 Å². The molecule has 0 aromatic rings. The molecule has 0 saturated heterocycles. The second-order valence-electron chi connectivity index (χ2n) is 3.41. The first-order valence-electron chi connectivity index (χ1n) is 4.88. The molecule has 2 heteroatoms. The Bertz CT molecular complexity index is 306. The first kappa shape index (κ1) is 13.6. The van der Waals surface area contributed by atoms with E-state index in [9.17, 15) is 9.90 Å². The molecule has 0 heterocycles. The van der Waals surface area contributed by atoms with Gasteiger partial charge in [0.05, 0.1) is 0 Å². The molecule has 15 heavy (non-hydrogen) atoms. The van der Waals surface area contributed by atoms with Gasteiger partial charge in [-0.3, -0.25) is 4.79 Å². The zero-order chi connectivity index (χ0) is 11.9. The van der Waals surface area contributed by atoms with Gasteiger partial charge in [0.2, 0.25) is 0 Å². The lowest BCUT2D eigenvalue weighted by molar-refractivity contribution is -0.131. The fourth-order valence-corrected chi connectivity index (χ4v) is 0.977. The maximum atomic E-state index is 11.8. The molecule has 0 aromatic carbocycles. The lowest BCUT2D eigenvalue weighted by Gasteiger charge is -2.19. The summed E-state index contributed by atoms with van der Waals surface area (Å²) in [6, 6.07) is 0. The van der Waals surface area contributed by atoms with Crippen LogP contribution in [0.15, 0.2) is 49.1 Å². The van der Waals surface area contributed by atoms with Gasteiger partial charge in [0.1, 0.15) is 5.60 Å². The van der Waals surface area contributed by atoms with E-state index in [1.165, 1.54) is 13.0 Å². The number of hydrogen-bond donors (Lipinski definition) is 1. The lowest BCUT2D eigenvalue weighted by Crippen LogP contribution is -2.35. The van der Waals surface area contributed by atoms with E-state index in [1.807, 2.05) is 0 Å². The lowest BCUT2D eigenvalue weighted by atomic mass is 9.91. The number of carbonyl (C=O) groups excluding carboxylic acids is 1.